The third-order valence-electron chi connectivity index (χ3n) is 1.97. The fourth-order valence-corrected chi connectivity index (χ4v) is 1.32. The van der Waals surface area contributed by atoms with E-state index in [1.807, 2.05) is 39.0 Å². The second-order valence-electron chi connectivity index (χ2n) is 3.93. The number of hydrogen-bond donors (Lipinski definition) is 1. The van der Waals surface area contributed by atoms with Crippen LogP contribution >= 0.6 is 0 Å². The molecule has 0 unspecified atom stereocenters. The molecule has 0 aliphatic rings. The largest absolute Gasteiger partial charge is 0.348 e. The first-order valence-corrected chi connectivity index (χ1v) is 5.06. The molecule has 2 nitrogen and oxygen atoms in total. The summed E-state index contributed by atoms with van der Waals surface area (Å²) in [5, 5.41) is 2.84. The van der Waals surface area contributed by atoms with Gasteiger partial charge >= 0.3 is 0 Å². The lowest BCUT2D eigenvalue weighted by molar-refractivity contribution is -0.116. The van der Waals surface area contributed by atoms with E-state index in [0.29, 0.717) is 6.54 Å². The van der Waals surface area contributed by atoms with Crippen LogP contribution in [0.25, 0.3) is 0 Å². The highest BCUT2D eigenvalue weighted by Crippen LogP contribution is 2.03. The molecule has 2 heteroatoms. The Morgan fingerprint density at radius 2 is 2.13 bits per heavy atom. The van der Waals surface area contributed by atoms with Crippen LogP contribution in [0.3, 0.4) is 0 Å². The van der Waals surface area contributed by atoms with Crippen molar-refractivity contribution in [1.29, 1.82) is 0 Å². The Morgan fingerprint density at radius 1 is 1.40 bits per heavy atom. The maximum absolute atomic E-state index is 11.3. The summed E-state index contributed by atoms with van der Waals surface area (Å²) in [6, 6.07) is 8.12. The summed E-state index contributed by atoms with van der Waals surface area (Å²) < 4.78 is 0. The molecular weight excluding hydrogens is 186 g/mol. The second-order valence-corrected chi connectivity index (χ2v) is 3.93. The normalized spacial score (nSPS) is 9.53. The van der Waals surface area contributed by atoms with Gasteiger partial charge in [-0.15, -0.1) is 0 Å². The molecule has 0 saturated heterocycles. The van der Waals surface area contributed by atoms with Crippen LogP contribution in [0, 0.1) is 6.92 Å². The van der Waals surface area contributed by atoms with Gasteiger partial charge in [-0.2, -0.15) is 0 Å². The fourth-order valence-electron chi connectivity index (χ4n) is 1.32. The van der Waals surface area contributed by atoms with E-state index < -0.39 is 0 Å². The van der Waals surface area contributed by atoms with E-state index in [1.165, 1.54) is 5.56 Å². The molecule has 0 spiro atoms. The molecule has 1 aromatic carbocycles. The van der Waals surface area contributed by atoms with Gasteiger partial charge in [-0.1, -0.05) is 35.4 Å². The van der Waals surface area contributed by atoms with Gasteiger partial charge in [0.15, 0.2) is 0 Å². The van der Waals surface area contributed by atoms with Crippen molar-refractivity contribution in [3.05, 3.63) is 47.0 Å². The number of carbonyl (C=O) groups is 1. The molecule has 0 fully saturated rings. The number of rotatable bonds is 3. The number of amides is 1. The summed E-state index contributed by atoms with van der Waals surface area (Å²) in [5.41, 5.74) is 3.35. The maximum Gasteiger partial charge on any atom is 0.244 e. The molecule has 0 aromatic heterocycles. The molecule has 1 amide bonds. The minimum Gasteiger partial charge on any atom is -0.348 e. The summed E-state index contributed by atoms with van der Waals surface area (Å²) in [7, 11) is 0. The average Bonchev–Trinajstić information content (AvgIpc) is 2.14. The van der Waals surface area contributed by atoms with Crippen LogP contribution in [0.1, 0.15) is 25.0 Å². The maximum atomic E-state index is 11.3. The van der Waals surface area contributed by atoms with Gasteiger partial charge in [-0.25, -0.2) is 0 Å². The first-order valence-electron chi connectivity index (χ1n) is 5.06. The van der Waals surface area contributed by atoms with E-state index in [-0.39, 0.29) is 5.91 Å². The van der Waals surface area contributed by atoms with Crippen LogP contribution < -0.4 is 5.32 Å². The lowest BCUT2D eigenvalue weighted by Crippen LogP contribution is -2.20. The van der Waals surface area contributed by atoms with Gasteiger partial charge in [-0.3, -0.25) is 4.79 Å². The van der Waals surface area contributed by atoms with Gasteiger partial charge in [0.1, 0.15) is 0 Å². The zero-order valence-corrected chi connectivity index (χ0v) is 9.50. The van der Waals surface area contributed by atoms with Crippen molar-refractivity contribution in [1.82, 2.24) is 5.32 Å². The SMILES string of the molecule is CC(C)=CC(=O)NCc1cccc(C)c1. The summed E-state index contributed by atoms with van der Waals surface area (Å²) in [6.45, 7) is 6.45. The number of hydrogen-bond acceptors (Lipinski definition) is 1. The summed E-state index contributed by atoms with van der Waals surface area (Å²) in [6.07, 6.45) is 1.61. The highest BCUT2D eigenvalue weighted by molar-refractivity contribution is 5.87. The molecule has 0 aliphatic carbocycles. The van der Waals surface area contributed by atoms with E-state index in [1.54, 1.807) is 6.08 Å². The molecule has 1 rings (SSSR count). The monoisotopic (exact) mass is 203 g/mol. The van der Waals surface area contributed by atoms with Gasteiger partial charge in [-0.05, 0) is 26.3 Å². The van der Waals surface area contributed by atoms with Gasteiger partial charge in [0.25, 0.3) is 0 Å². The minimum absolute atomic E-state index is 0.0310. The van der Waals surface area contributed by atoms with Crippen molar-refractivity contribution in [3.8, 4) is 0 Å². The summed E-state index contributed by atoms with van der Waals surface area (Å²) in [4.78, 5) is 11.3. The van der Waals surface area contributed by atoms with Crippen LogP contribution in [0.15, 0.2) is 35.9 Å². The number of aryl methyl sites for hydroxylation is 1. The van der Waals surface area contributed by atoms with Crippen LogP contribution in [-0.2, 0) is 11.3 Å². The van der Waals surface area contributed by atoms with Crippen LogP contribution in [0.5, 0.6) is 0 Å². The standard InChI is InChI=1S/C13H17NO/c1-10(2)7-13(15)14-9-12-6-4-5-11(3)8-12/h4-8H,9H2,1-3H3,(H,14,15). The molecule has 1 N–H and O–H groups in total. The Kier molecular flexibility index (Phi) is 4.10. The topological polar surface area (TPSA) is 29.1 Å². The predicted molar refractivity (Wildman–Crippen MR) is 62.5 cm³/mol. The Balaban J connectivity index is 2.51. The number of carbonyl (C=O) groups excluding carboxylic acids is 1. The lowest BCUT2D eigenvalue weighted by atomic mass is 10.1. The Morgan fingerprint density at radius 3 is 2.73 bits per heavy atom. The lowest BCUT2D eigenvalue weighted by Gasteiger charge is -2.03. The van der Waals surface area contributed by atoms with Crippen LogP contribution in [0.2, 0.25) is 0 Å². The number of nitrogens with one attached hydrogen (secondary N) is 1. The molecule has 0 radical (unpaired) electrons. The second kappa shape index (κ2) is 5.35. The van der Waals surface area contributed by atoms with Crippen molar-refractivity contribution in [2.24, 2.45) is 0 Å². The molecule has 0 aliphatic heterocycles. The Bertz CT molecular complexity index is 376. The van der Waals surface area contributed by atoms with E-state index in [9.17, 15) is 4.79 Å². The molecule has 0 heterocycles. The molecule has 0 saturated carbocycles. The molecule has 0 atom stereocenters. The van der Waals surface area contributed by atoms with E-state index in [4.69, 9.17) is 0 Å². The van der Waals surface area contributed by atoms with Crippen molar-refractivity contribution in [2.45, 2.75) is 27.3 Å². The van der Waals surface area contributed by atoms with Crippen LogP contribution in [0.4, 0.5) is 0 Å². The minimum atomic E-state index is -0.0310. The highest BCUT2D eigenvalue weighted by atomic mass is 16.1. The number of allylic oxidation sites excluding steroid dienone is 1. The van der Waals surface area contributed by atoms with Crippen molar-refractivity contribution < 1.29 is 4.79 Å². The van der Waals surface area contributed by atoms with Gasteiger partial charge < -0.3 is 5.32 Å². The smallest absolute Gasteiger partial charge is 0.244 e. The van der Waals surface area contributed by atoms with Crippen molar-refractivity contribution in [2.75, 3.05) is 0 Å². The zero-order chi connectivity index (χ0) is 11.3. The third kappa shape index (κ3) is 4.45. The van der Waals surface area contributed by atoms with Crippen molar-refractivity contribution >= 4 is 5.91 Å². The first-order chi connectivity index (χ1) is 7.08. The van der Waals surface area contributed by atoms with Gasteiger partial charge in [0, 0.05) is 12.6 Å². The molecule has 1 aromatic rings. The third-order valence-corrected chi connectivity index (χ3v) is 1.97. The van der Waals surface area contributed by atoms with Gasteiger partial charge in [0.2, 0.25) is 5.91 Å². The number of benzene rings is 1. The highest BCUT2D eigenvalue weighted by Gasteiger charge is 1.97. The fraction of sp³-hybridized carbons (Fsp3) is 0.308. The summed E-state index contributed by atoms with van der Waals surface area (Å²) in [5.74, 6) is -0.0310. The van der Waals surface area contributed by atoms with E-state index in [2.05, 4.69) is 11.4 Å². The first kappa shape index (κ1) is 11.5. The molecule has 15 heavy (non-hydrogen) atoms. The zero-order valence-electron chi connectivity index (χ0n) is 9.50. The van der Waals surface area contributed by atoms with E-state index in [0.717, 1.165) is 11.1 Å². The Hall–Kier alpha value is -1.57. The molecule has 80 valence electrons. The Labute approximate surface area is 91.0 Å². The molecular formula is C13H17NO. The van der Waals surface area contributed by atoms with E-state index >= 15 is 0 Å². The molecule has 0 bridgehead atoms. The van der Waals surface area contributed by atoms with Crippen molar-refractivity contribution in [3.63, 3.8) is 0 Å². The summed E-state index contributed by atoms with van der Waals surface area (Å²) >= 11 is 0. The predicted octanol–water partition coefficient (Wildman–Crippen LogP) is 2.58. The van der Waals surface area contributed by atoms with Gasteiger partial charge in [0.05, 0.1) is 0 Å². The van der Waals surface area contributed by atoms with Crippen LogP contribution in [-0.4, -0.2) is 5.91 Å². The quantitative estimate of drug-likeness (QED) is 0.752. The average molecular weight is 203 g/mol.